The van der Waals surface area contributed by atoms with E-state index in [0.29, 0.717) is 0 Å². The van der Waals surface area contributed by atoms with Crippen molar-refractivity contribution in [1.29, 1.82) is 0 Å². The van der Waals surface area contributed by atoms with E-state index in [2.05, 4.69) is 23.5 Å². The molecule has 0 saturated heterocycles. The minimum Gasteiger partial charge on any atom is -0.368 e. The summed E-state index contributed by atoms with van der Waals surface area (Å²) in [6, 6.07) is 7.09. The van der Waals surface area contributed by atoms with Gasteiger partial charge >= 0.3 is 0 Å². The minimum absolute atomic E-state index is 0.755. The molecule has 1 saturated carbocycles. The summed E-state index contributed by atoms with van der Waals surface area (Å²) in [5, 5.41) is 0.871. The van der Waals surface area contributed by atoms with E-state index in [4.69, 9.17) is 11.6 Å². The molecule has 1 radical (unpaired) electrons. The third kappa shape index (κ3) is 1.63. The topological polar surface area (TPSA) is 3.24 Å². The van der Waals surface area contributed by atoms with Crippen LogP contribution in [0.25, 0.3) is 0 Å². The Balaban J connectivity index is 1.95. The first-order chi connectivity index (χ1) is 7.34. The highest BCUT2D eigenvalue weighted by molar-refractivity contribution is 6.30. The molecular formula is C13H15ClN. The third-order valence-corrected chi connectivity index (χ3v) is 3.75. The number of hydrogen-bond acceptors (Lipinski definition) is 1. The summed E-state index contributed by atoms with van der Waals surface area (Å²) >= 11 is 6.03. The van der Waals surface area contributed by atoms with Crippen LogP contribution in [-0.2, 0) is 6.42 Å². The van der Waals surface area contributed by atoms with E-state index in [1.165, 1.54) is 43.5 Å². The first kappa shape index (κ1) is 9.53. The van der Waals surface area contributed by atoms with E-state index in [1.54, 1.807) is 0 Å². The van der Waals surface area contributed by atoms with Gasteiger partial charge in [0.1, 0.15) is 0 Å². The fourth-order valence-corrected chi connectivity index (χ4v) is 2.74. The Labute approximate surface area is 96.0 Å². The monoisotopic (exact) mass is 220 g/mol. The zero-order chi connectivity index (χ0) is 10.3. The fourth-order valence-electron chi connectivity index (χ4n) is 2.54. The van der Waals surface area contributed by atoms with Crippen LogP contribution in [0.5, 0.6) is 0 Å². The largest absolute Gasteiger partial charge is 0.368 e. The molecule has 1 fully saturated rings. The summed E-state index contributed by atoms with van der Waals surface area (Å²) < 4.78 is 0. The predicted octanol–water partition coefficient (Wildman–Crippen LogP) is 3.46. The van der Waals surface area contributed by atoms with Crippen molar-refractivity contribution in [3.63, 3.8) is 0 Å². The van der Waals surface area contributed by atoms with Gasteiger partial charge in [-0.25, -0.2) is 0 Å². The summed E-state index contributed by atoms with van der Waals surface area (Å²) in [5.41, 5.74) is 2.85. The number of hydrogen-bond donors (Lipinski definition) is 0. The number of fused-ring (bicyclic) bond motifs is 1. The number of aryl methyl sites for hydroxylation is 1. The lowest BCUT2D eigenvalue weighted by Crippen LogP contribution is -2.43. The predicted molar refractivity (Wildman–Crippen MR) is 64.4 cm³/mol. The van der Waals surface area contributed by atoms with E-state index < -0.39 is 0 Å². The zero-order valence-corrected chi connectivity index (χ0v) is 9.50. The molecule has 0 unspecified atom stereocenters. The number of anilines is 1. The highest BCUT2D eigenvalue weighted by atomic mass is 35.5. The van der Waals surface area contributed by atoms with Crippen LogP contribution in [0.15, 0.2) is 18.2 Å². The van der Waals surface area contributed by atoms with Gasteiger partial charge in [-0.05, 0) is 55.9 Å². The fraction of sp³-hybridized carbons (Fsp3) is 0.462. The maximum absolute atomic E-state index is 6.03. The molecule has 79 valence electrons. The van der Waals surface area contributed by atoms with E-state index in [-0.39, 0.29) is 0 Å². The number of rotatable bonds is 1. The van der Waals surface area contributed by atoms with Crippen molar-refractivity contribution < 1.29 is 0 Å². The van der Waals surface area contributed by atoms with Crippen LogP contribution in [0.1, 0.15) is 24.8 Å². The van der Waals surface area contributed by atoms with Crippen LogP contribution in [0.4, 0.5) is 5.69 Å². The van der Waals surface area contributed by atoms with Gasteiger partial charge in [-0.15, -0.1) is 0 Å². The van der Waals surface area contributed by atoms with Gasteiger partial charge < -0.3 is 4.90 Å². The molecule has 1 aliphatic heterocycles. The van der Waals surface area contributed by atoms with Crippen LogP contribution in [-0.4, -0.2) is 12.6 Å². The normalized spacial score (nSPS) is 21.0. The lowest BCUT2D eigenvalue weighted by molar-refractivity contribution is 0.467. The molecular weight excluding hydrogens is 206 g/mol. The average Bonchev–Trinajstić information content (AvgIpc) is 2.15. The molecule has 1 nitrogen and oxygen atoms in total. The summed E-state index contributed by atoms with van der Waals surface area (Å²) in [6.07, 6.45) is 7.33. The molecule has 2 aliphatic rings. The molecule has 2 heteroatoms. The van der Waals surface area contributed by atoms with Crippen LogP contribution < -0.4 is 4.90 Å². The molecule has 1 aliphatic carbocycles. The minimum atomic E-state index is 0.755. The van der Waals surface area contributed by atoms with Gasteiger partial charge in [0.05, 0.1) is 0 Å². The zero-order valence-electron chi connectivity index (χ0n) is 8.75. The second-order valence-corrected chi connectivity index (χ2v) is 4.92. The van der Waals surface area contributed by atoms with Crippen molar-refractivity contribution in [2.45, 2.75) is 31.7 Å². The van der Waals surface area contributed by atoms with E-state index in [0.717, 1.165) is 11.1 Å². The lowest BCUT2D eigenvalue weighted by atomic mass is 9.88. The molecule has 0 amide bonds. The van der Waals surface area contributed by atoms with Crippen LogP contribution in [0.2, 0.25) is 5.02 Å². The molecule has 0 bridgehead atoms. The first-order valence-electron chi connectivity index (χ1n) is 5.71. The Kier molecular flexibility index (Phi) is 2.36. The third-order valence-electron chi connectivity index (χ3n) is 3.51. The summed E-state index contributed by atoms with van der Waals surface area (Å²) in [7, 11) is 0. The Hall–Kier alpha value is -0.690. The highest BCUT2D eigenvalue weighted by Gasteiger charge is 2.28. The molecule has 0 atom stereocenters. The molecule has 1 heterocycles. The van der Waals surface area contributed by atoms with Gasteiger partial charge in [-0.1, -0.05) is 11.6 Å². The Morgan fingerprint density at radius 3 is 2.87 bits per heavy atom. The standard InChI is InChI=1S/C13H15ClN/c14-11-6-7-13-10(9-11)3-2-8-15(13)12-4-1-5-12/h1,6-7,9,12H,2-5,8H2. The van der Waals surface area contributed by atoms with Gasteiger partial charge in [-0.3, -0.25) is 0 Å². The summed E-state index contributed by atoms with van der Waals surface area (Å²) in [6.45, 7) is 1.22. The first-order valence-corrected chi connectivity index (χ1v) is 6.09. The Morgan fingerprint density at radius 1 is 1.27 bits per heavy atom. The maximum atomic E-state index is 6.03. The second kappa shape index (κ2) is 3.71. The van der Waals surface area contributed by atoms with Gasteiger partial charge in [0.2, 0.25) is 0 Å². The lowest BCUT2D eigenvalue weighted by Gasteiger charge is -2.42. The second-order valence-electron chi connectivity index (χ2n) is 4.48. The van der Waals surface area contributed by atoms with Crippen molar-refractivity contribution in [3.8, 4) is 0 Å². The van der Waals surface area contributed by atoms with Crippen LogP contribution in [0.3, 0.4) is 0 Å². The molecule has 0 spiro atoms. The Morgan fingerprint density at radius 2 is 2.13 bits per heavy atom. The highest BCUT2D eigenvalue weighted by Crippen LogP contribution is 2.35. The van der Waals surface area contributed by atoms with Gasteiger partial charge in [-0.2, -0.15) is 0 Å². The van der Waals surface area contributed by atoms with Crippen molar-refractivity contribution in [2.75, 3.05) is 11.4 Å². The van der Waals surface area contributed by atoms with Crippen LogP contribution in [0, 0.1) is 6.42 Å². The average molecular weight is 221 g/mol. The molecule has 3 rings (SSSR count). The van der Waals surface area contributed by atoms with Crippen molar-refractivity contribution in [3.05, 3.63) is 35.2 Å². The molecule has 0 N–H and O–H groups in total. The summed E-state index contributed by atoms with van der Waals surface area (Å²) in [4.78, 5) is 2.56. The molecule has 1 aromatic rings. The van der Waals surface area contributed by atoms with Crippen molar-refractivity contribution in [2.24, 2.45) is 0 Å². The summed E-state index contributed by atoms with van der Waals surface area (Å²) in [5.74, 6) is 0. The van der Waals surface area contributed by atoms with Crippen LogP contribution >= 0.6 is 11.6 Å². The Bertz CT molecular complexity index is 371. The maximum Gasteiger partial charge on any atom is 0.0410 e. The van der Waals surface area contributed by atoms with E-state index in [1.807, 2.05) is 6.07 Å². The van der Waals surface area contributed by atoms with E-state index >= 15 is 0 Å². The van der Waals surface area contributed by atoms with Gasteiger partial charge in [0.25, 0.3) is 0 Å². The molecule has 0 aromatic heterocycles. The van der Waals surface area contributed by atoms with E-state index in [9.17, 15) is 0 Å². The quantitative estimate of drug-likeness (QED) is 0.701. The number of nitrogens with zero attached hydrogens (tertiary/aromatic N) is 1. The smallest absolute Gasteiger partial charge is 0.0410 e. The number of halogens is 1. The van der Waals surface area contributed by atoms with Gasteiger partial charge in [0, 0.05) is 23.3 Å². The van der Waals surface area contributed by atoms with Crippen molar-refractivity contribution >= 4 is 17.3 Å². The molecule has 15 heavy (non-hydrogen) atoms. The molecule has 1 aromatic carbocycles. The number of benzene rings is 1. The SMILES string of the molecule is Clc1ccc2c(c1)CCCN2C1C[CH]C1. The van der Waals surface area contributed by atoms with Gasteiger partial charge in [0.15, 0.2) is 0 Å². The van der Waals surface area contributed by atoms with Crippen molar-refractivity contribution in [1.82, 2.24) is 0 Å².